The first-order valence-electron chi connectivity index (χ1n) is 4.74. The summed E-state index contributed by atoms with van der Waals surface area (Å²) in [6.45, 7) is 7.05. The van der Waals surface area contributed by atoms with Crippen LogP contribution in [0.4, 0.5) is 0 Å². The summed E-state index contributed by atoms with van der Waals surface area (Å²) >= 11 is 1.56. The van der Waals surface area contributed by atoms with E-state index in [9.17, 15) is 4.79 Å². The Labute approximate surface area is 93.8 Å². The molecule has 0 spiro atoms. The topological polar surface area (TPSA) is 53.8 Å². The molecule has 0 fully saturated rings. The summed E-state index contributed by atoms with van der Waals surface area (Å²) in [6.07, 6.45) is 0.415. The quantitative estimate of drug-likeness (QED) is 0.789. The van der Waals surface area contributed by atoms with Crippen molar-refractivity contribution in [1.82, 2.24) is 4.98 Å². The van der Waals surface area contributed by atoms with Crippen LogP contribution in [0, 0.1) is 30.6 Å². The van der Waals surface area contributed by atoms with Gasteiger partial charge in [0.1, 0.15) is 11.2 Å². The van der Waals surface area contributed by atoms with E-state index < -0.39 is 5.41 Å². The smallest absolute Gasteiger partial charge is 0.150 e. The standard InChI is InChI=1S/C11H14N2OS/c1-7-8(2)15-10(13-7)5-11(4,6-12)9(3)14/h5H2,1-4H3. The number of carbonyl (C=O) groups is 1. The number of hydrogen-bond donors (Lipinski definition) is 0. The molecule has 0 amide bonds. The van der Waals surface area contributed by atoms with Gasteiger partial charge in [0, 0.05) is 11.3 Å². The SMILES string of the molecule is CC(=O)C(C)(C#N)Cc1nc(C)c(C)s1. The predicted molar refractivity (Wildman–Crippen MR) is 59.7 cm³/mol. The summed E-state index contributed by atoms with van der Waals surface area (Å²) in [5, 5.41) is 9.86. The van der Waals surface area contributed by atoms with Gasteiger partial charge in [0.05, 0.1) is 16.8 Å². The Kier molecular flexibility index (Phi) is 3.25. The monoisotopic (exact) mass is 222 g/mol. The zero-order chi connectivity index (χ0) is 11.6. The summed E-state index contributed by atoms with van der Waals surface area (Å²) in [7, 11) is 0. The lowest BCUT2D eigenvalue weighted by atomic mass is 9.85. The number of nitriles is 1. The van der Waals surface area contributed by atoms with Crippen molar-refractivity contribution in [3.63, 3.8) is 0 Å². The fourth-order valence-corrected chi connectivity index (χ4v) is 2.25. The second kappa shape index (κ2) is 4.11. The van der Waals surface area contributed by atoms with Gasteiger partial charge in [-0.15, -0.1) is 11.3 Å². The molecular formula is C11H14N2OS. The molecule has 0 aliphatic heterocycles. The molecule has 1 heterocycles. The number of rotatable bonds is 3. The van der Waals surface area contributed by atoms with Crippen LogP contribution in [0.1, 0.15) is 29.4 Å². The van der Waals surface area contributed by atoms with Crippen LogP contribution in [0.2, 0.25) is 0 Å². The van der Waals surface area contributed by atoms with Crippen molar-refractivity contribution in [2.45, 2.75) is 34.1 Å². The van der Waals surface area contributed by atoms with Gasteiger partial charge in [-0.2, -0.15) is 5.26 Å². The number of nitrogens with zero attached hydrogens (tertiary/aromatic N) is 2. The van der Waals surface area contributed by atoms with Crippen LogP contribution in [0.3, 0.4) is 0 Å². The summed E-state index contributed by atoms with van der Waals surface area (Å²) in [4.78, 5) is 16.8. The molecule has 0 saturated heterocycles. The lowest BCUT2D eigenvalue weighted by molar-refractivity contribution is -0.123. The molecule has 0 saturated carbocycles. The van der Waals surface area contributed by atoms with E-state index in [1.807, 2.05) is 13.8 Å². The highest BCUT2D eigenvalue weighted by molar-refractivity contribution is 7.11. The van der Waals surface area contributed by atoms with Gasteiger partial charge in [0.25, 0.3) is 0 Å². The molecule has 80 valence electrons. The Morgan fingerprint density at radius 1 is 1.60 bits per heavy atom. The minimum Gasteiger partial charge on any atom is -0.298 e. The number of thiazole rings is 1. The van der Waals surface area contributed by atoms with Crippen LogP contribution in [0.25, 0.3) is 0 Å². The minimum atomic E-state index is -0.934. The Balaban J connectivity index is 2.95. The van der Waals surface area contributed by atoms with Gasteiger partial charge in [-0.3, -0.25) is 4.79 Å². The third kappa shape index (κ3) is 2.42. The van der Waals surface area contributed by atoms with Crippen molar-refractivity contribution in [1.29, 1.82) is 5.26 Å². The fourth-order valence-electron chi connectivity index (χ4n) is 1.16. The number of ketones is 1. The summed E-state index contributed by atoms with van der Waals surface area (Å²) in [6, 6.07) is 2.07. The molecule has 1 rings (SSSR count). The van der Waals surface area contributed by atoms with E-state index in [1.165, 1.54) is 6.92 Å². The zero-order valence-corrected chi connectivity index (χ0v) is 10.2. The Bertz CT molecular complexity index is 411. The molecule has 0 aliphatic carbocycles. The maximum Gasteiger partial charge on any atom is 0.150 e. The zero-order valence-electron chi connectivity index (χ0n) is 9.42. The maximum absolute atomic E-state index is 11.3. The van der Waals surface area contributed by atoms with Crippen molar-refractivity contribution >= 4 is 17.1 Å². The normalized spacial score (nSPS) is 14.3. The van der Waals surface area contributed by atoms with E-state index in [-0.39, 0.29) is 5.78 Å². The number of aromatic nitrogens is 1. The average molecular weight is 222 g/mol. The largest absolute Gasteiger partial charge is 0.298 e. The van der Waals surface area contributed by atoms with Gasteiger partial charge in [-0.1, -0.05) is 0 Å². The Morgan fingerprint density at radius 3 is 2.53 bits per heavy atom. The second-order valence-electron chi connectivity index (χ2n) is 3.93. The van der Waals surface area contributed by atoms with E-state index in [0.29, 0.717) is 6.42 Å². The van der Waals surface area contributed by atoms with Crippen LogP contribution in [0.15, 0.2) is 0 Å². The lowest BCUT2D eigenvalue weighted by Gasteiger charge is -2.15. The average Bonchev–Trinajstić information content (AvgIpc) is 2.45. The third-order valence-corrected chi connectivity index (χ3v) is 3.67. The summed E-state index contributed by atoms with van der Waals surface area (Å²) < 4.78 is 0. The molecule has 0 N–H and O–H groups in total. The molecule has 0 aliphatic rings. The van der Waals surface area contributed by atoms with Crippen molar-refractivity contribution < 1.29 is 4.79 Å². The highest BCUT2D eigenvalue weighted by Crippen LogP contribution is 2.26. The molecule has 15 heavy (non-hydrogen) atoms. The van der Waals surface area contributed by atoms with E-state index in [2.05, 4.69) is 11.1 Å². The van der Waals surface area contributed by atoms with Crippen molar-refractivity contribution in [2.24, 2.45) is 5.41 Å². The number of hydrogen-bond acceptors (Lipinski definition) is 4. The van der Waals surface area contributed by atoms with Crippen molar-refractivity contribution in [3.8, 4) is 6.07 Å². The van der Waals surface area contributed by atoms with Crippen LogP contribution < -0.4 is 0 Å². The minimum absolute atomic E-state index is 0.101. The summed E-state index contributed by atoms with van der Waals surface area (Å²) in [5.41, 5.74) is 0.0512. The van der Waals surface area contributed by atoms with Crippen LogP contribution >= 0.6 is 11.3 Å². The molecule has 0 aromatic carbocycles. The molecule has 1 atom stereocenters. The molecule has 1 aromatic rings. The van der Waals surface area contributed by atoms with Gasteiger partial charge in [0.15, 0.2) is 0 Å². The lowest BCUT2D eigenvalue weighted by Crippen LogP contribution is -2.26. The first kappa shape index (κ1) is 11.9. The van der Waals surface area contributed by atoms with E-state index in [1.54, 1.807) is 18.3 Å². The maximum atomic E-state index is 11.3. The fraction of sp³-hybridized carbons (Fsp3) is 0.545. The van der Waals surface area contributed by atoms with Crippen LogP contribution in [-0.4, -0.2) is 10.8 Å². The molecule has 0 radical (unpaired) electrons. The van der Waals surface area contributed by atoms with E-state index in [4.69, 9.17) is 5.26 Å². The first-order chi connectivity index (χ1) is 6.89. The first-order valence-corrected chi connectivity index (χ1v) is 5.56. The highest BCUT2D eigenvalue weighted by atomic mass is 32.1. The predicted octanol–water partition coefficient (Wildman–Crippen LogP) is 2.42. The van der Waals surface area contributed by atoms with E-state index in [0.717, 1.165) is 15.6 Å². The number of carbonyl (C=O) groups excluding carboxylic acids is 1. The highest BCUT2D eigenvalue weighted by Gasteiger charge is 2.31. The van der Waals surface area contributed by atoms with Gasteiger partial charge >= 0.3 is 0 Å². The third-order valence-electron chi connectivity index (χ3n) is 2.60. The van der Waals surface area contributed by atoms with Gasteiger partial charge in [-0.25, -0.2) is 4.98 Å². The van der Waals surface area contributed by atoms with Crippen molar-refractivity contribution in [2.75, 3.05) is 0 Å². The molecule has 1 unspecified atom stereocenters. The Morgan fingerprint density at radius 2 is 2.20 bits per heavy atom. The van der Waals surface area contributed by atoms with Crippen LogP contribution in [0.5, 0.6) is 0 Å². The molecule has 4 heteroatoms. The number of aryl methyl sites for hydroxylation is 2. The number of Topliss-reactive ketones (excluding diaryl/α,β-unsaturated/α-hetero) is 1. The van der Waals surface area contributed by atoms with Crippen LogP contribution in [-0.2, 0) is 11.2 Å². The molecule has 0 bridgehead atoms. The van der Waals surface area contributed by atoms with Gasteiger partial charge in [-0.05, 0) is 27.7 Å². The van der Waals surface area contributed by atoms with E-state index >= 15 is 0 Å². The Hall–Kier alpha value is -1.21. The molecule has 1 aromatic heterocycles. The second-order valence-corrected chi connectivity index (χ2v) is 5.21. The van der Waals surface area contributed by atoms with Gasteiger partial charge in [0.2, 0.25) is 0 Å². The van der Waals surface area contributed by atoms with Crippen molar-refractivity contribution in [3.05, 3.63) is 15.6 Å². The van der Waals surface area contributed by atoms with Gasteiger partial charge < -0.3 is 0 Å². The molecular weight excluding hydrogens is 208 g/mol. The summed E-state index contributed by atoms with van der Waals surface area (Å²) in [5.74, 6) is -0.101. The molecule has 3 nitrogen and oxygen atoms in total.